The van der Waals surface area contributed by atoms with E-state index in [0.29, 0.717) is 24.6 Å². The first-order valence-corrected chi connectivity index (χ1v) is 9.95. The van der Waals surface area contributed by atoms with Crippen molar-refractivity contribution >= 4 is 23.7 Å². The number of carbonyl (C=O) groups excluding carboxylic acids is 3. The lowest BCUT2D eigenvalue weighted by molar-refractivity contribution is -0.134. The molecule has 3 N–H and O–H groups in total. The molecule has 0 unspecified atom stereocenters. The van der Waals surface area contributed by atoms with Crippen LogP contribution in [0.25, 0.3) is 0 Å². The summed E-state index contributed by atoms with van der Waals surface area (Å²) in [5, 5.41) is 12.5. The minimum atomic E-state index is -0.892. The van der Waals surface area contributed by atoms with Crippen molar-refractivity contribution in [2.45, 2.75) is 70.8 Å². The summed E-state index contributed by atoms with van der Waals surface area (Å²) in [5.74, 6) is 0.324. The number of rotatable bonds is 7. The van der Waals surface area contributed by atoms with Gasteiger partial charge in [-0.3, -0.25) is 19.6 Å². The van der Waals surface area contributed by atoms with Crippen molar-refractivity contribution in [1.29, 1.82) is 0 Å². The molecular formula is C19H29N5O3. The van der Waals surface area contributed by atoms with E-state index in [-0.39, 0.29) is 12.5 Å². The number of nitrogens with one attached hydrogen (secondary N) is 3. The van der Waals surface area contributed by atoms with E-state index in [1.54, 1.807) is 0 Å². The van der Waals surface area contributed by atoms with Crippen LogP contribution >= 0.6 is 0 Å². The number of anilines is 1. The number of aromatic amines is 1. The molecule has 0 radical (unpaired) electrons. The SMILES string of the molecule is CCC1(CC)NC(=O)N(CC(=O)Nc2cc(CC3CCCCC3)[nH]n2)C1=O. The molecule has 2 fully saturated rings. The van der Waals surface area contributed by atoms with Crippen molar-refractivity contribution in [2.24, 2.45) is 5.92 Å². The number of carbonyl (C=O) groups is 3. The first-order chi connectivity index (χ1) is 13.0. The Kier molecular flexibility index (Phi) is 5.82. The molecule has 3 rings (SSSR count). The average Bonchev–Trinajstić information content (AvgIpc) is 3.20. The van der Waals surface area contributed by atoms with E-state index in [1.807, 2.05) is 19.9 Å². The maximum Gasteiger partial charge on any atom is 0.325 e. The maximum atomic E-state index is 12.6. The fraction of sp³-hybridized carbons (Fsp3) is 0.684. The summed E-state index contributed by atoms with van der Waals surface area (Å²) in [4.78, 5) is 38.0. The minimum Gasteiger partial charge on any atom is -0.323 e. The number of imide groups is 1. The fourth-order valence-corrected chi connectivity index (χ4v) is 4.11. The number of hydrogen-bond donors (Lipinski definition) is 3. The van der Waals surface area contributed by atoms with Gasteiger partial charge in [0.1, 0.15) is 12.1 Å². The number of aromatic nitrogens is 2. The van der Waals surface area contributed by atoms with Crippen molar-refractivity contribution in [3.05, 3.63) is 11.8 Å². The predicted molar refractivity (Wildman–Crippen MR) is 101 cm³/mol. The molecule has 2 aliphatic rings. The van der Waals surface area contributed by atoms with Crippen molar-refractivity contribution in [1.82, 2.24) is 20.4 Å². The van der Waals surface area contributed by atoms with Gasteiger partial charge in [0.2, 0.25) is 5.91 Å². The highest BCUT2D eigenvalue weighted by molar-refractivity contribution is 6.10. The smallest absolute Gasteiger partial charge is 0.323 e. The van der Waals surface area contributed by atoms with Crippen LogP contribution in [0, 0.1) is 5.92 Å². The Morgan fingerprint density at radius 1 is 1.26 bits per heavy atom. The maximum absolute atomic E-state index is 12.6. The second kappa shape index (κ2) is 8.10. The Morgan fingerprint density at radius 3 is 2.59 bits per heavy atom. The van der Waals surface area contributed by atoms with Gasteiger partial charge in [-0.25, -0.2) is 4.79 Å². The van der Waals surface area contributed by atoms with Gasteiger partial charge in [0.15, 0.2) is 5.82 Å². The van der Waals surface area contributed by atoms with E-state index in [1.165, 1.54) is 32.1 Å². The molecule has 148 valence electrons. The lowest BCUT2D eigenvalue weighted by Crippen LogP contribution is -2.46. The van der Waals surface area contributed by atoms with Gasteiger partial charge in [0.25, 0.3) is 5.91 Å². The quantitative estimate of drug-likeness (QED) is 0.637. The van der Waals surface area contributed by atoms with E-state index in [0.717, 1.165) is 17.0 Å². The van der Waals surface area contributed by atoms with Crippen molar-refractivity contribution in [3.63, 3.8) is 0 Å². The first-order valence-electron chi connectivity index (χ1n) is 9.95. The molecule has 1 aliphatic carbocycles. The van der Waals surface area contributed by atoms with Gasteiger partial charge in [0.05, 0.1) is 0 Å². The Bertz CT molecular complexity index is 704. The number of hydrogen-bond acceptors (Lipinski definition) is 4. The summed E-state index contributed by atoms with van der Waals surface area (Å²) in [7, 11) is 0. The number of H-pyrrole nitrogens is 1. The van der Waals surface area contributed by atoms with Gasteiger partial charge >= 0.3 is 6.03 Å². The van der Waals surface area contributed by atoms with Gasteiger partial charge in [-0.05, 0) is 25.2 Å². The first kappa shape index (κ1) is 19.4. The van der Waals surface area contributed by atoms with Gasteiger partial charge in [0, 0.05) is 11.8 Å². The van der Waals surface area contributed by atoms with Crippen LogP contribution in [0.2, 0.25) is 0 Å². The third-order valence-corrected chi connectivity index (χ3v) is 5.89. The molecule has 0 spiro atoms. The summed E-state index contributed by atoms with van der Waals surface area (Å²) >= 11 is 0. The summed E-state index contributed by atoms with van der Waals surface area (Å²) in [6.07, 6.45) is 8.29. The summed E-state index contributed by atoms with van der Waals surface area (Å²) < 4.78 is 0. The van der Waals surface area contributed by atoms with Crippen LogP contribution in [-0.2, 0) is 16.0 Å². The molecule has 0 aromatic carbocycles. The molecule has 0 atom stereocenters. The van der Waals surface area contributed by atoms with Crippen molar-refractivity contribution in [3.8, 4) is 0 Å². The highest BCUT2D eigenvalue weighted by atomic mass is 16.2. The molecule has 8 heteroatoms. The van der Waals surface area contributed by atoms with Crippen LogP contribution < -0.4 is 10.6 Å². The number of amides is 4. The Hall–Kier alpha value is -2.38. The van der Waals surface area contributed by atoms with Crippen LogP contribution in [0.1, 0.15) is 64.5 Å². The van der Waals surface area contributed by atoms with Gasteiger partial charge < -0.3 is 10.6 Å². The third kappa shape index (κ3) is 4.14. The van der Waals surface area contributed by atoms with E-state index in [9.17, 15) is 14.4 Å². The van der Waals surface area contributed by atoms with Gasteiger partial charge in [-0.1, -0.05) is 46.0 Å². The largest absolute Gasteiger partial charge is 0.325 e. The zero-order chi connectivity index (χ0) is 19.4. The zero-order valence-corrected chi connectivity index (χ0v) is 16.1. The van der Waals surface area contributed by atoms with Crippen LogP contribution in [0.15, 0.2) is 6.07 Å². The lowest BCUT2D eigenvalue weighted by atomic mass is 9.86. The van der Waals surface area contributed by atoms with E-state index >= 15 is 0 Å². The second-order valence-corrected chi connectivity index (χ2v) is 7.65. The molecule has 0 bridgehead atoms. The molecule has 8 nitrogen and oxygen atoms in total. The molecule has 1 aliphatic heterocycles. The normalized spacial score (nSPS) is 20.0. The Morgan fingerprint density at radius 2 is 1.96 bits per heavy atom. The highest BCUT2D eigenvalue weighted by Crippen LogP contribution is 2.27. The van der Waals surface area contributed by atoms with Crippen LogP contribution in [0.5, 0.6) is 0 Å². The van der Waals surface area contributed by atoms with E-state index in [4.69, 9.17) is 0 Å². The molecule has 1 aromatic heterocycles. The fourth-order valence-electron chi connectivity index (χ4n) is 4.11. The van der Waals surface area contributed by atoms with E-state index in [2.05, 4.69) is 20.8 Å². The van der Waals surface area contributed by atoms with Gasteiger partial charge in [-0.15, -0.1) is 0 Å². The molecular weight excluding hydrogens is 346 g/mol. The zero-order valence-electron chi connectivity index (χ0n) is 16.1. The second-order valence-electron chi connectivity index (χ2n) is 7.65. The highest BCUT2D eigenvalue weighted by Gasteiger charge is 2.49. The number of urea groups is 1. The van der Waals surface area contributed by atoms with Crippen LogP contribution in [0.4, 0.5) is 10.6 Å². The molecule has 4 amide bonds. The van der Waals surface area contributed by atoms with E-state index < -0.39 is 17.5 Å². The molecule has 27 heavy (non-hydrogen) atoms. The van der Waals surface area contributed by atoms with Crippen LogP contribution in [-0.4, -0.2) is 45.0 Å². The molecule has 1 saturated heterocycles. The van der Waals surface area contributed by atoms with Crippen molar-refractivity contribution in [2.75, 3.05) is 11.9 Å². The van der Waals surface area contributed by atoms with Crippen molar-refractivity contribution < 1.29 is 14.4 Å². The third-order valence-electron chi connectivity index (χ3n) is 5.89. The van der Waals surface area contributed by atoms with Gasteiger partial charge in [-0.2, -0.15) is 5.10 Å². The summed E-state index contributed by atoms with van der Waals surface area (Å²) in [5.41, 5.74) is 0.111. The number of nitrogens with zero attached hydrogens (tertiary/aromatic N) is 2. The Labute approximate surface area is 159 Å². The predicted octanol–water partition coefficient (Wildman–Crippen LogP) is 2.58. The standard InChI is InChI=1S/C19H29N5O3/c1-3-19(4-2)17(26)24(18(27)21-19)12-16(25)20-15-11-14(22-23-15)10-13-8-6-5-7-9-13/h11,13H,3-10,12H2,1-2H3,(H,21,27)(H2,20,22,23,25). The topological polar surface area (TPSA) is 107 Å². The molecule has 1 saturated carbocycles. The summed E-state index contributed by atoms with van der Waals surface area (Å²) in [6, 6.07) is 1.32. The van der Waals surface area contributed by atoms with Crippen LogP contribution in [0.3, 0.4) is 0 Å². The lowest BCUT2D eigenvalue weighted by Gasteiger charge is -2.22. The summed E-state index contributed by atoms with van der Waals surface area (Å²) in [6.45, 7) is 3.39. The Balaban J connectivity index is 1.55. The minimum absolute atomic E-state index is 0.308. The molecule has 2 heterocycles. The molecule has 1 aromatic rings. The monoisotopic (exact) mass is 375 g/mol. The average molecular weight is 375 g/mol.